The number of likely N-dealkylation sites (tertiary alicyclic amines) is 1. The predicted molar refractivity (Wildman–Crippen MR) is 104 cm³/mol. The van der Waals surface area contributed by atoms with Crippen molar-refractivity contribution in [2.45, 2.75) is 39.2 Å². The molecule has 2 saturated heterocycles. The lowest BCUT2D eigenvalue weighted by molar-refractivity contribution is -0.147. The summed E-state index contributed by atoms with van der Waals surface area (Å²) >= 11 is 0. The molecule has 0 aliphatic carbocycles. The number of piperidine rings is 1. The summed E-state index contributed by atoms with van der Waals surface area (Å²) in [4.78, 5) is 31.4. The second kappa shape index (κ2) is 9.15. The first-order valence-electron chi connectivity index (χ1n) is 9.94. The number of hydrogen-bond acceptors (Lipinski definition) is 6. The Morgan fingerprint density at radius 3 is 2.32 bits per heavy atom. The first-order valence-corrected chi connectivity index (χ1v) is 11.5. The van der Waals surface area contributed by atoms with Crippen LogP contribution < -0.4 is 0 Å². The van der Waals surface area contributed by atoms with Crippen molar-refractivity contribution >= 4 is 21.8 Å². The number of hydrogen-bond donors (Lipinski definition) is 0. The number of imide groups is 1. The van der Waals surface area contributed by atoms with Crippen LogP contribution in [0.4, 0.5) is 0 Å². The smallest absolute Gasteiger partial charge is 0.229 e. The molecule has 0 saturated carbocycles. The monoisotopic (exact) mass is 411 g/mol. The van der Waals surface area contributed by atoms with Gasteiger partial charge in [0.05, 0.1) is 5.75 Å². The number of sulfonamides is 1. The molecule has 0 N–H and O–H groups in total. The second-order valence-electron chi connectivity index (χ2n) is 7.24. The summed E-state index contributed by atoms with van der Waals surface area (Å²) in [6, 6.07) is 0. The lowest BCUT2D eigenvalue weighted by Gasteiger charge is -2.34. The van der Waals surface area contributed by atoms with Gasteiger partial charge in [-0.25, -0.2) is 13.4 Å². The fourth-order valence-corrected chi connectivity index (χ4v) is 5.11. The van der Waals surface area contributed by atoms with E-state index in [0.29, 0.717) is 45.4 Å². The average molecular weight is 412 g/mol. The standard InChI is InChI=1S/C18H29N5O4S/c1-2-16-19-6-7-21(16)11-8-20-9-12-22(13-10-20)28(26,27)15-14-23-17(24)4-3-5-18(23)25/h6-7H,2-5,8-15H2,1H3. The van der Waals surface area contributed by atoms with Gasteiger partial charge < -0.3 is 4.57 Å². The van der Waals surface area contributed by atoms with E-state index in [4.69, 9.17) is 0 Å². The first kappa shape index (κ1) is 20.9. The summed E-state index contributed by atoms with van der Waals surface area (Å²) in [6.45, 7) is 5.97. The number of carbonyl (C=O) groups excluding carboxylic acids is 2. The van der Waals surface area contributed by atoms with Crippen molar-refractivity contribution in [3.63, 3.8) is 0 Å². The van der Waals surface area contributed by atoms with Gasteiger partial charge >= 0.3 is 0 Å². The van der Waals surface area contributed by atoms with E-state index in [1.807, 2.05) is 6.20 Å². The molecule has 28 heavy (non-hydrogen) atoms. The van der Waals surface area contributed by atoms with Gasteiger partial charge in [-0.1, -0.05) is 6.92 Å². The molecule has 1 aromatic rings. The van der Waals surface area contributed by atoms with Crippen LogP contribution in [0.2, 0.25) is 0 Å². The zero-order valence-electron chi connectivity index (χ0n) is 16.4. The molecular weight excluding hydrogens is 382 g/mol. The van der Waals surface area contributed by atoms with Crippen LogP contribution in [-0.2, 0) is 32.6 Å². The van der Waals surface area contributed by atoms with E-state index >= 15 is 0 Å². The SMILES string of the molecule is CCc1nccn1CCN1CCN(S(=O)(=O)CCN2C(=O)CCCC2=O)CC1. The summed E-state index contributed by atoms with van der Waals surface area (Å²) in [7, 11) is -3.48. The molecule has 10 heteroatoms. The predicted octanol–water partition coefficient (Wildman–Crippen LogP) is -0.0680. The Kier molecular flexibility index (Phi) is 6.84. The average Bonchev–Trinajstić information content (AvgIpc) is 3.14. The van der Waals surface area contributed by atoms with Crippen LogP contribution >= 0.6 is 0 Å². The Morgan fingerprint density at radius 1 is 1.00 bits per heavy atom. The van der Waals surface area contributed by atoms with E-state index in [-0.39, 0.29) is 24.1 Å². The molecule has 0 unspecified atom stereocenters. The van der Waals surface area contributed by atoms with Gasteiger partial charge in [0.1, 0.15) is 5.82 Å². The van der Waals surface area contributed by atoms with E-state index in [0.717, 1.165) is 30.2 Å². The van der Waals surface area contributed by atoms with Gasteiger partial charge in [-0.05, 0) is 6.42 Å². The molecule has 2 amide bonds. The van der Waals surface area contributed by atoms with Crippen LogP contribution in [0.3, 0.4) is 0 Å². The molecular formula is C18H29N5O4S. The minimum atomic E-state index is -3.48. The molecule has 0 radical (unpaired) electrons. The molecule has 2 aliphatic rings. The van der Waals surface area contributed by atoms with Gasteiger partial charge in [0.15, 0.2) is 0 Å². The van der Waals surface area contributed by atoms with E-state index in [2.05, 4.69) is 21.4 Å². The highest BCUT2D eigenvalue weighted by molar-refractivity contribution is 7.89. The fraction of sp³-hybridized carbons (Fsp3) is 0.722. The van der Waals surface area contributed by atoms with Crippen LogP contribution in [0.1, 0.15) is 32.0 Å². The molecule has 1 aromatic heterocycles. The number of rotatable bonds is 8. The Labute approximate surface area is 166 Å². The maximum absolute atomic E-state index is 12.6. The quantitative estimate of drug-likeness (QED) is 0.556. The summed E-state index contributed by atoms with van der Waals surface area (Å²) in [6.07, 6.45) is 5.87. The van der Waals surface area contributed by atoms with E-state index in [9.17, 15) is 18.0 Å². The molecule has 0 aromatic carbocycles. The summed E-state index contributed by atoms with van der Waals surface area (Å²) in [5.41, 5.74) is 0. The zero-order valence-corrected chi connectivity index (χ0v) is 17.2. The third kappa shape index (κ3) is 4.98. The number of aryl methyl sites for hydroxylation is 1. The summed E-state index contributed by atoms with van der Waals surface area (Å²) < 4.78 is 28.9. The van der Waals surface area contributed by atoms with Gasteiger partial charge in [-0.15, -0.1) is 0 Å². The Balaban J connectivity index is 1.45. The maximum Gasteiger partial charge on any atom is 0.229 e. The molecule has 3 rings (SSSR count). The number of amides is 2. The van der Waals surface area contributed by atoms with Crippen molar-refractivity contribution in [2.75, 3.05) is 45.0 Å². The number of nitrogens with zero attached hydrogens (tertiary/aromatic N) is 5. The van der Waals surface area contributed by atoms with Gasteiger partial charge in [0.25, 0.3) is 0 Å². The van der Waals surface area contributed by atoms with Gasteiger partial charge in [-0.3, -0.25) is 19.4 Å². The lowest BCUT2D eigenvalue weighted by atomic mass is 10.1. The minimum Gasteiger partial charge on any atom is -0.334 e. The highest BCUT2D eigenvalue weighted by Gasteiger charge is 2.31. The molecule has 0 bridgehead atoms. The third-order valence-electron chi connectivity index (χ3n) is 5.46. The van der Waals surface area contributed by atoms with Crippen LogP contribution in [0.5, 0.6) is 0 Å². The fourth-order valence-electron chi connectivity index (χ4n) is 3.72. The molecule has 3 heterocycles. The lowest BCUT2D eigenvalue weighted by Crippen LogP contribution is -2.51. The largest absolute Gasteiger partial charge is 0.334 e. The highest BCUT2D eigenvalue weighted by Crippen LogP contribution is 2.14. The molecule has 0 atom stereocenters. The van der Waals surface area contributed by atoms with Gasteiger partial charge in [-0.2, -0.15) is 4.31 Å². The van der Waals surface area contributed by atoms with Gasteiger partial charge in [0.2, 0.25) is 21.8 Å². The Bertz CT molecular complexity index is 783. The summed E-state index contributed by atoms with van der Waals surface area (Å²) in [5.74, 6) is 0.340. The third-order valence-corrected chi connectivity index (χ3v) is 7.31. The van der Waals surface area contributed by atoms with Crippen LogP contribution in [0.15, 0.2) is 12.4 Å². The van der Waals surface area contributed by atoms with E-state index in [1.54, 1.807) is 6.20 Å². The Hall–Kier alpha value is -1.78. The zero-order chi connectivity index (χ0) is 20.1. The van der Waals surface area contributed by atoms with Crippen molar-refractivity contribution in [3.05, 3.63) is 18.2 Å². The molecule has 2 aliphatic heterocycles. The van der Waals surface area contributed by atoms with E-state index in [1.165, 1.54) is 4.31 Å². The number of carbonyl (C=O) groups is 2. The molecule has 2 fully saturated rings. The topological polar surface area (TPSA) is 95.8 Å². The second-order valence-corrected chi connectivity index (χ2v) is 9.33. The minimum absolute atomic E-state index is 0.0410. The highest BCUT2D eigenvalue weighted by atomic mass is 32.2. The van der Waals surface area contributed by atoms with E-state index < -0.39 is 10.0 Å². The van der Waals surface area contributed by atoms with Crippen molar-refractivity contribution in [3.8, 4) is 0 Å². The van der Waals surface area contributed by atoms with Crippen molar-refractivity contribution < 1.29 is 18.0 Å². The molecule has 156 valence electrons. The van der Waals surface area contributed by atoms with Crippen LogP contribution in [0, 0.1) is 0 Å². The maximum atomic E-state index is 12.6. The van der Waals surface area contributed by atoms with Gasteiger partial charge in [0, 0.05) is 77.5 Å². The summed E-state index contributed by atoms with van der Waals surface area (Å²) in [5, 5.41) is 0. The number of piperazine rings is 1. The van der Waals surface area contributed by atoms with Crippen LogP contribution in [0.25, 0.3) is 0 Å². The molecule has 9 nitrogen and oxygen atoms in total. The number of aromatic nitrogens is 2. The number of imidazole rings is 1. The van der Waals surface area contributed by atoms with Crippen LogP contribution in [-0.4, -0.2) is 88.9 Å². The van der Waals surface area contributed by atoms with Crippen molar-refractivity contribution in [1.29, 1.82) is 0 Å². The van der Waals surface area contributed by atoms with Crippen molar-refractivity contribution in [1.82, 2.24) is 23.7 Å². The normalized spacial score (nSPS) is 20.1. The van der Waals surface area contributed by atoms with Crippen molar-refractivity contribution in [2.24, 2.45) is 0 Å². The molecule has 0 spiro atoms. The first-order chi connectivity index (χ1) is 13.4. The Morgan fingerprint density at radius 2 is 1.68 bits per heavy atom.